The van der Waals surface area contributed by atoms with Crippen molar-refractivity contribution in [1.82, 2.24) is 14.8 Å². The largest absolute Gasteiger partial charge is 0.344 e. The van der Waals surface area contributed by atoms with Crippen LogP contribution in [0.15, 0.2) is 9.95 Å². The molecule has 19 heavy (non-hydrogen) atoms. The van der Waals surface area contributed by atoms with Crippen LogP contribution in [0.4, 0.5) is 0 Å². The maximum Gasteiger partial charge on any atom is 0.344 e. The number of hydrogen-bond donors (Lipinski definition) is 1. The van der Waals surface area contributed by atoms with Gasteiger partial charge >= 0.3 is 5.69 Å². The maximum atomic E-state index is 11.7. The predicted octanol–water partition coefficient (Wildman–Crippen LogP) is 2.33. The molecule has 2 aliphatic carbocycles. The molecule has 0 saturated heterocycles. The summed E-state index contributed by atoms with van der Waals surface area (Å²) in [5, 5.41) is 17.0. The van der Waals surface area contributed by atoms with E-state index >= 15 is 0 Å². The van der Waals surface area contributed by atoms with Crippen molar-refractivity contribution in [2.45, 2.75) is 55.5 Å². The van der Waals surface area contributed by atoms with E-state index in [1.165, 1.54) is 0 Å². The van der Waals surface area contributed by atoms with Gasteiger partial charge in [-0.15, -0.1) is 5.10 Å². The quantitative estimate of drug-likeness (QED) is 0.920. The fourth-order valence-corrected chi connectivity index (χ4v) is 4.27. The summed E-state index contributed by atoms with van der Waals surface area (Å²) in [6.45, 7) is 2.24. The summed E-state index contributed by atoms with van der Waals surface area (Å²) in [5.74, 6) is 0.739. The Bertz CT molecular complexity index is 554. The lowest BCUT2D eigenvalue weighted by molar-refractivity contribution is 0.345. The molecule has 0 aliphatic heterocycles. The zero-order valence-electron chi connectivity index (χ0n) is 11.0. The number of aromatic nitrogens is 3. The van der Waals surface area contributed by atoms with E-state index in [1.807, 2.05) is 0 Å². The van der Waals surface area contributed by atoms with Crippen molar-refractivity contribution >= 4 is 11.8 Å². The second-order valence-electron chi connectivity index (χ2n) is 5.72. The number of rotatable bonds is 3. The Morgan fingerprint density at radius 2 is 2.21 bits per heavy atom. The molecule has 3 unspecified atom stereocenters. The summed E-state index contributed by atoms with van der Waals surface area (Å²) >= 11 is 1.61. The smallest absolute Gasteiger partial charge is 0.267 e. The molecule has 5 nitrogen and oxygen atoms in total. The Morgan fingerprint density at radius 1 is 1.42 bits per heavy atom. The van der Waals surface area contributed by atoms with Gasteiger partial charge in [0.1, 0.15) is 0 Å². The minimum Gasteiger partial charge on any atom is -0.267 e. The number of thioether (sulfide) groups is 1. The van der Waals surface area contributed by atoms with E-state index in [4.69, 9.17) is 0 Å². The van der Waals surface area contributed by atoms with Crippen molar-refractivity contribution < 1.29 is 0 Å². The van der Waals surface area contributed by atoms with Crippen LogP contribution in [-0.4, -0.2) is 20.0 Å². The van der Waals surface area contributed by atoms with Gasteiger partial charge in [0.05, 0.1) is 12.0 Å². The third-order valence-corrected chi connectivity index (χ3v) is 5.38. The highest BCUT2D eigenvalue weighted by Gasteiger charge is 2.33. The Kier molecular flexibility index (Phi) is 3.40. The van der Waals surface area contributed by atoms with Crippen LogP contribution in [0.3, 0.4) is 0 Å². The van der Waals surface area contributed by atoms with Gasteiger partial charge in [-0.25, -0.2) is 9.89 Å². The average Bonchev–Trinajstić information content (AvgIpc) is 3.15. The van der Waals surface area contributed by atoms with Crippen LogP contribution in [0.2, 0.25) is 0 Å². The number of aromatic amines is 1. The summed E-state index contributed by atoms with van der Waals surface area (Å²) in [5.41, 5.74) is -0.109. The molecule has 0 radical (unpaired) electrons. The van der Waals surface area contributed by atoms with E-state index in [9.17, 15) is 10.1 Å². The highest BCUT2D eigenvalue weighted by molar-refractivity contribution is 7.99. The fourth-order valence-electron chi connectivity index (χ4n) is 2.77. The lowest BCUT2D eigenvalue weighted by Gasteiger charge is -2.29. The molecule has 1 aromatic rings. The van der Waals surface area contributed by atoms with Crippen LogP contribution >= 0.6 is 11.8 Å². The SMILES string of the molecule is CC1CCC(C#N)C(Sc2n[nH]c(=O)n2C2CC2)C1. The van der Waals surface area contributed by atoms with Gasteiger partial charge in [0.25, 0.3) is 0 Å². The summed E-state index contributed by atoms with van der Waals surface area (Å²) in [6.07, 6.45) is 5.26. The summed E-state index contributed by atoms with van der Waals surface area (Å²) < 4.78 is 1.78. The molecule has 3 rings (SSSR count). The van der Waals surface area contributed by atoms with Gasteiger partial charge in [-0.05, 0) is 38.0 Å². The van der Waals surface area contributed by atoms with Gasteiger partial charge in [-0.3, -0.25) is 4.57 Å². The molecular weight excluding hydrogens is 260 g/mol. The molecule has 1 aromatic heterocycles. The van der Waals surface area contributed by atoms with E-state index in [1.54, 1.807) is 16.3 Å². The molecule has 0 amide bonds. The van der Waals surface area contributed by atoms with Crippen LogP contribution in [0, 0.1) is 23.2 Å². The molecule has 1 heterocycles. The third kappa shape index (κ3) is 2.57. The van der Waals surface area contributed by atoms with Gasteiger partial charge < -0.3 is 0 Å². The molecule has 0 bridgehead atoms. The van der Waals surface area contributed by atoms with Crippen molar-refractivity contribution in [1.29, 1.82) is 5.26 Å². The Labute approximate surface area is 116 Å². The van der Waals surface area contributed by atoms with Crippen molar-refractivity contribution in [2.75, 3.05) is 0 Å². The molecule has 2 saturated carbocycles. The lowest BCUT2D eigenvalue weighted by Crippen LogP contribution is -2.26. The second kappa shape index (κ2) is 5.04. The van der Waals surface area contributed by atoms with Crippen LogP contribution in [-0.2, 0) is 0 Å². The minimum absolute atomic E-state index is 0.0839. The summed E-state index contributed by atoms with van der Waals surface area (Å²) in [4.78, 5) is 11.7. The molecule has 2 aliphatic rings. The maximum absolute atomic E-state index is 11.7. The van der Waals surface area contributed by atoms with Gasteiger partial charge in [0.15, 0.2) is 5.16 Å². The molecule has 1 N–H and O–H groups in total. The molecule has 0 aromatic carbocycles. The van der Waals surface area contributed by atoms with E-state index < -0.39 is 0 Å². The molecule has 0 spiro atoms. The third-order valence-electron chi connectivity index (χ3n) is 4.06. The summed E-state index contributed by atoms with van der Waals surface area (Å²) in [7, 11) is 0. The number of nitrogens with zero attached hydrogens (tertiary/aromatic N) is 3. The van der Waals surface area contributed by atoms with E-state index in [0.717, 1.165) is 37.3 Å². The molecule has 2 fully saturated rings. The first-order chi connectivity index (χ1) is 9.19. The first-order valence-corrected chi connectivity index (χ1v) is 7.80. The van der Waals surface area contributed by atoms with Crippen molar-refractivity contribution in [2.24, 2.45) is 11.8 Å². The highest BCUT2D eigenvalue weighted by atomic mass is 32.2. The van der Waals surface area contributed by atoms with Crippen LogP contribution in [0.1, 0.15) is 45.1 Å². The van der Waals surface area contributed by atoms with Crippen molar-refractivity contribution in [3.8, 4) is 6.07 Å². The lowest BCUT2D eigenvalue weighted by atomic mass is 9.83. The highest BCUT2D eigenvalue weighted by Crippen LogP contribution is 2.41. The second-order valence-corrected chi connectivity index (χ2v) is 6.93. The fraction of sp³-hybridized carbons (Fsp3) is 0.769. The Morgan fingerprint density at radius 3 is 2.89 bits per heavy atom. The van der Waals surface area contributed by atoms with E-state index in [2.05, 4.69) is 23.2 Å². The first kappa shape index (κ1) is 12.8. The average molecular weight is 278 g/mol. The first-order valence-electron chi connectivity index (χ1n) is 6.92. The number of hydrogen-bond acceptors (Lipinski definition) is 4. The van der Waals surface area contributed by atoms with Crippen molar-refractivity contribution in [3.05, 3.63) is 10.5 Å². The predicted molar refractivity (Wildman–Crippen MR) is 72.9 cm³/mol. The molecule has 3 atom stereocenters. The number of H-pyrrole nitrogens is 1. The van der Waals surface area contributed by atoms with E-state index in [0.29, 0.717) is 12.0 Å². The van der Waals surface area contributed by atoms with Gasteiger partial charge in [-0.1, -0.05) is 18.7 Å². The van der Waals surface area contributed by atoms with Crippen molar-refractivity contribution in [3.63, 3.8) is 0 Å². The monoisotopic (exact) mass is 278 g/mol. The standard InChI is InChI=1S/C13H18N4OS/c1-8-2-3-9(7-14)11(6-8)19-13-16-15-12(18)17(13)10-4-5-10/h8-11H,2-6H2,1H3,(H,15,18). The zero-order valence-corrected chi connectivity index (χ0v) is 11.8. The zero-order chi connectivity index (χ0) is 13.4. The molecule has 6 heteroatoms. The Balaban J connectivity index is 1.80. The number of nitriles is 1. The van der Waals surface area contributed by atoms with Crippen LogP contribution in [0.5, 0.6) is 0 Å². The minimum atomic E-state index is -0.109. The van der Waals surface area contributed by atoms with Crippen LogP contribution < -0.4 is 5.69 Å². The molecule has 102 valence electrons. The van der Waals surface area contributed by atoms with Crippen LogP contribution in [0.25, 0.3) is 0 Å². The Hall–Kier alpha value is -1.22. The molecular formula is C13H18N4OS. The van der Waals surface area contributed by atoms with Gasteiger partial charge in [0.2, 0.25) is 0 Å². The van der Waals surface area contributed by atoms with Gasteiger partial charge in [0, 0.05) is 11.3 Å². The van der Waals surface area contributed by atoms with E-state index in [-0.39, 0.29) is 16.9 Å². The topological polar surface area (TPSA) is 74.5 Å². The van der Waals surface area contributed by atoms with Gasteiger partial charge in [-0.2, -0.15) is 5.26 Å². The number of nitrogens with one attached hydrogen (secondary N) is 1. The normalized spacial score (nSPS) is 31.1. The summed E-state index contributed by atoms with van der Waals surface area (Å²) in [6, 6.07) is 2.75.